The Kier molecular flexibility index (Phi) is 7.25. The first kappa shape index (κ1) is 14.5. The summed E-state index contributed by atoms with van der Waals surface area (Å²) in [5.41, 5.74) is 1.15. The average molecular weight is 256 g/mol. The third kappa shape index (κ3) is 5.53. The number of ether oxygens (including phenoxy) is 1. The van der Waals surface area contributed by atoms with Gasteiger partial charge in [0.15, 0.2) is 0 Å². The Hall–Kier alpha value is -0.570. The van der Waals surface area contributed by atoms with Gasteiger partial charge in [-0.25, -0.2) is 0 Å². The van der Waals surface area contributed by atoms with E-state index in [-0.39, 0.29) is 6.10 Å². The number of benzene rings is 1. The number of hydrogen-bond donors (Lipinski definition) is 1. The lowest BCUT2D eigenvalue weighted by Crippen LogP contribution is -2.24. The molecule has 0 aromatic heterocycles. The largest absolute Gasteiger partial charge is 0.372 e. The highest BCUT2D eigenvalue weighted by molar-refractivity contribution is 6.30. The Balaban J connectivity index is 2.60. The van der Waals surface area contributed by atoms with E-state index in [2.05, 4.69) is 25.2 Å². The van der Waals surface area contributed by atoms with E-state index < -0.39 is 0 Å². The molecule has 17 heavy (non-hydrogen) atoms. The van der Waals surface area contributed by atoms with Crippen LogP contribution in [0.2, 0.25) is 5.02 Å². The maximum atomic E-state index is 6.01. The summed E-state index contributed by atoms with van der Waals surface area (Å²) in [7, 11) is 0. The van der Waals surface area contributed by atoms with Crippen molar-refractivity contribution in [2.45, 2.75) is 32.8 Å². The van der Waals surface area contributed by atoms with Crippen LogP contribution in [0.15, 0.2) is 24.3 Å². The first-order chi connectivity index (χ1) is 8.27. The minimum Gasteiger partial charge on any atom is -0.372 e. The van der Waals surface area contributed by atoms with Crippen LogP contribution in [-0.4, -0.2) is 19.7 Å². The molecular weight excluding hydrogens is 234 g/mol. The van der Waals surface area contributed by atoms with E-state index in [1.54, 1.807) is 0 Å². The Labute approximate surface area is 109 Å². The van der Waals surface area contributed by atoms with Gasteiger partial charge < -0.3 is 10.1 Å². The standard InChI is InChI=1S/C14H22ClNO/c1-3-8-16-11-14(17-9-4-2)12-6-5-7-13(15)10-12/h5-7,10,14,16H,3-4,8-9,11H2,1-2H3. The third-order valence-corrected chi connectivity index (χ3v) is 2.74. The maximum absolute atomic E-state index is 6.01. The molecule has 2 nitrogen and oxygen atoms in total. The van der Waals surface area contributed by atoms with Gasteiger partial charge in [0.2, 0.25) is 0 Å². The predicted octanol–water partition coefficient (Wildman–Crippen LogP) is 3.81. The molecule has 0 bridgehead atoms. The Bertz CT molecular complexity index is 317. The number of hydrogen-bond acceptors (Lipinski definition) is 2. The second kappa shape index (κ2) is 8.51. The van der Waals surface area contributed by atoms with E-state index in [0.717, 1.165) is 43.1 Å². The van der Waals surface area contributed by atoms with Crippen LogP contribution < -0.4 is 5.32 Å². The van der Waals surface area contributed by atoms with E-state index in [1.807, 2.05) is 18.2 Å². The molecule has 0 fully saturated rings. The fourth-order valence-electron chi connectivity index (χ4n) is 1.65. The Morgan fingerprint density at radius 3 is 2.76 bits per heavy atom. The van der Waals surface area contributed by atoms with Crippen LogP contribution in [0.1, 0.15) is 38.4 Å². The summed E-state index contributed by atoms with van der Waals surface area (Å²) >= 11 is 6.01. The lowest BCUT2D eigenvalue weighted by Gasteiger charge is -2.19. The summed E-state index contributed by atoms with van der Waals surface area (Å²) in [4.78, 5) is 0. The van der Waals surface area contributed by atoms with E-state index in [1.165, 1.54) is 0 Å². The molecule has 0 saturated heterocycles. The molecule has 96 valence electrons. The van der Waals surface area contributed by atoms with Crippen molar-refractivity contribution >= 4 is 11.6 Å². The third-order valence-electron chi connectivity index (χ3n) is 2.50. The van der Waals surface area contributed by atoms with Crippen molar-refractivity contribution in [3.8, 4) is 0 Å². The minimum atomic E-state index is 0.0974. The monoisotopic (exact) mass is 255 g/mol. The van der Waals surface area contributed by atoms with Crippen molar-refractivity contribution in [1.29, 1.82) is 0 Å². The van der Waals surface area contributed by atoms with Gasteiger partial charge in [-0.15, -0.1) is 0 Å². The molecule has 0 aliphatic heterocycles. The van der Waals surface area contributed by atoms with Gasteiger partial charge in [-0.1, -0.05) is 37.6 Å². The summed E-state index contributed by atoms with van der Waals surface area (Å²) in [6, 6.07) is 7.91. The van der Waals surface area contributed by atoms with Crippen LogP contribution in [0.25, 0.3) is 0 Å². The van der Waals surface area contributed by atoms with Crippen molar-refractivity contribution in [3.05, 3.63) is 34.9 Å². The summed E-state index contributed by atoms with van der Waals surface area (Å²) in [5.74, 6) is 0. The molecule has 1 rings (SSSR count). The molecule has 1 atom stereocenters. The highest BCUT2D eigenvalue weighted by atomic mass is 35.5. The smallest absolute Gasteiger partial charge is 0.0949 e. The zero-order valence-corrected chi connectivity index (χ0v) is 11.5. The molecule has 0 saturated carbocycles. The molecule has 1 N–H and O–H groups in total. The van der Waals surface area contributed by atoms with Gasteiger partial charge in [-0.2, -0.15) is 0 Å². The van der Waals surface area contributed by atoms with Gasteiger partial charge >= 0.3 is 0 Å². The van der Waals surface area contributed by atoms with Crippen LogP contribution in [-0.2, 0) is 4.74 Å². The maximum Gasteiger partial charge on any atom is 0.0949 e. The Morgan fingerprint density at radius 1 is 1.29 bits per heavy atom. The Morgan fingerprint density at radius 2 is 2.12 bits per heavy atom. The van der Waals surface area contributed by atoms with Crippen LogP contribution in [0, 0.1) is 0 Å². The topological polar surface area (TPSA) is 21.3 Å². The molecule has 1 aromatic carbocycles. The van der Waals surface area contributed by atoms with Crippen molar-refractivity contribution in [2.24, 2.45) is 0 Å². The van der Waals surface area contributed by atoms with E-state index >= 15 is 0 Å². The number of rotatable bonds is 8. The van der Waals surface area contributed by atoms with Gasteiger partial charge in [0.1, 0.15) is 0 Å². The molecule has 0 aliphatic carbocycles. The molecule has 0 spiro atoms. The van der Waals surface area contributed by atoms with E-state index in [0.29, 0.717) is 0 Å². The molecule has 1 aromatic rings. The van der Waals surface area contributed by atoms with Crippen molar-refractivity contribution in [2.75, 3.05) is 19.7 Å². The highest BCUT2D eigenvalue weighted by Crippen LogP contribution is 2.20. The van der Waals surface area contributed by atoms with Crippen LogP contribution in [0.3, 0.4) is 0 Å². The van der Waals surface area contributed by atoms with Gasteiger partial charge in [0, 0.05) is 18.2 Å². The lowest BCUT2D eigenvalue weighted by atomic mass is 10.1. The van der Waals surface area contributed by atoms with Gasteiger partial charge in [-0.3, -0.25) is 0 Å². The van der Waals surface area contributed by atoms with Gasteiger partial charge in [-0.05, 0) is 37.1 Å². The summed E-state index contributed by atoms with van der Waals surface area (Å²) in [6.45, 7) is 6.93. The molecule has 3 heteroatoms. The number of halogens is 1. The molecule has 1 unspecified atom stereocenters. The molecular formula is C14H22ClNO. The fraction of sp³-hybridized carbons (Fsp3) is 0.571. The predicted molar refractivity (Wildman–Crippen MR) is 73.6 cm³/mol. The molecule has 0 amide bonds. The zero-order valence-electron chi connectivity index (χ0n) is 10.7. The van der Waals surface area contributed by atoms with Crippen LogP contribution in [0.4, 0.5) is 0 Å². The van der Waals surface area contributed by atoms with Crippen LogP contribution in [0.5, 0.6) is 0 Å². The molecule has 0 radical (unpaired) electrons. The average Bonchev–Trinajstić information content (AvgIpc) is 2.33. The van der Waals surface area contributed by atoms with E-state index in [9.17, 15) is 0 Å². The first-order valence-electron chi connectivity index (χ1n) is 6.35. The van der Waals surface area contributed by atoms with Crippen LogP contribution >= 0.6 is 11.6 Å². The van der Waals surface area contributed by atoms with Crippen molar-refractivity contribution in [1.82, 2.24) is 5.32 Å². The fourth-order valence-corrected chi connectivity index (χ4v) is 1.85. The van der Waals surface area contributed by atoms with Gasteiger partial charge in [0.05, 0.1) is 6.10 Å². The first-order valence-corrected chi connectivity index (χ1v) is 6.73. The SMILES string of the molecule is CCCNCC(OCCC)c1cccc(Cl)c1. The summed E-state index contributed by atoms with van der Waals surface area (Å²) < 4.78 is 5.86. The second-order valence-corrected chi connectivity index (χ2v) is 4.55. The summed E-state index contributed by atoms with van der Waals surface area (Å²) in [6.07, 6.45) is 2.26. The number of nitrogens with one attached hydrogen (secondary N) is 1. The lowest BCUT2D eigenvalue weighted by molar-refractivity contribution is 0.0531. The van der Waals surface area contributed by atoms with Gasteiger partial charge in [0.25, 0.3) is 0 Å². The van der Waals surface area contributed by atoms with Crippen molar-refractivity contribution in [3.63, 3.8) is 0 Å². The normalized spacial score (nSPS) is 12.6. The summed E-state index contributed by atoms with van der Waals surface area (Å²) in [5, 5.41) is 4.16. The zero-order chi connectivity index (χ0) is 12.5. The van der Waals surface area contributed by atoms with E-state index in [4.69, 9.17) is 16.3 Å². The highest BCUT2D eigenvalue weighted by Gasteiger charge is 2.11. The van der Waals surface area contributed by atoms with Crippen molar-refractivity contribution < 1.29 is 4.74 Å². The molecule has 0 aliphatic rings. The minimum absolute atomic E-state index is 0.0974. The quantitative estimate of drug-likeness (QED) is 0.714. The molecule has 0 heterocycles. The second-order valence-electron chi connectivity index (χ2n) is 4.12.